The molecule has 93 heavy (non-hydrogen) atoms. The molecule has 7 amide bonds. The van der Waals surface area contributed by atoms with Gasteiger partial charge in [0.2, 0.25) is 35.4 Å². The highest BCUT2D eigenvalue weighted by molar-refractivity contribution is 5.94. The minimum absolute atomic E-state index is 0.0640. The van der Waals surface area contributed by atoms with Crippen molar-refractivity contribution >= 4 is 58.6 Å². The first kappa shape index (κ1) is 72.6. The third-order valence-corrected chi connectivity index (χ3v) is 18.0. The molecule has 3 aliphatic carbocycles. The Kier molecular flexibility index (Phi) is 28.5. The highest BCUT2D eigenvalue weighted by Gasteiger charge is 2.52. The predicted octanol–water partition coefficient (Wildman–Crippen LogP) is 14.4. The number of halogens is 1. The van der Waals surface area contributed by atoms with E-state index in [0.29, 0.717) is 55.7 Å². The molecule has 4 aromatic rings. The highest BCUT2D eigenvalue weighted by Crippen LogP contribution is 2.62. The maximum absolute atomic E-state index is 14.4. The minimum Gasteiger partial charge on any atom is -0.444 e. The van der Waals surface area contributed by atoms with E-state index in [9.17, 15) is 43.5 Å². The lowest BCUT2D eigenvalue weighted by Crippen LogP contribution is -2.47. The lowest BCUT2D eigenvalue weighted by Gasteiger charge is -2.51. The zero-order valence-corrected chi connectivity index (χ0v) is 55.9. The first-order chi connectivity index (χ1) is 44.8. The summed E-state index contributed by atoms with van der Waals surface area (Å²) in [5.41, 5.74) is 16.2. The lowest BCUT2D eigenvalue weighted by atomic mass is 9.51. The maximum atomic E-state index is 14.4. The number of unbranched alkanes of at least 4 members (excludes halogenated alkanes) is 14. The van der Waals surface area contributed by atoms with E-state index >= 15 is 0 Å². The third-order valence-electron chi connectivity index (χ3n) is 18.0. The van der Waals surface area contributed by atoms with Gasteiger partial charge < -0.3 is 45.9 Å². The Morgan fingerprint density at radius 1 is 0.624 bits per heavy atom. The number of anilines is 3. The van der Waals surface area contributed by atoms with E-state index in [-0.39, 0.29) is 106 Å². The second kappa shape index (κ2) is 36.6. The molecule has 0 unspecified atom stereocenters. The van der Waals surface area contributed by atoms with E-state index in [4.69, 9.17) is 9.47 Å². The Balaban J connectivity index is 1.06. The van der Waals surface area contributed by atoms with Gasteiger partial charge in [-0.3, -0.25) is 28.8 Å². The van der Waals surface area contributed by atoms with Crippen LogP contribution in [0.4, 0.5) is 26.2 Å². The number of nitrogens with zero attached hydrogens (tertiary/aromatic N) is 5. The van der Waals surface area contributed by atoms with Gasteiger partial charge in [-0.1, -0.05) is 133 Å². The van der Waals surface area contributed by atoms with Crippen molar-refractivity contribution in [3.8, 4) is 0 Å². The van der Waals surface area contributed by atoms with Gasteiger partial charge in [0.25, 0.3) is 0 Å². The summed E-state index contributed by atoms with van der Waals surface area (Å²) < 4.78 is 24.8. The van der Waals surface area contributed by atoms with E-state index in [1.54, 1.807) is 19.2 Å². The van der Waals surface area contributed by atoms with Crippen molar-refractivity contribution < 1.29 is 47.4 Å². The first-order valence-corrected chi connectivity index (χ1v) is 34.3. The summed E-state index contributed by atoms with van der Waals surface area (Å²) in [5.74, 6) is -1.68. The number of azide groups is 1. The number of nitrogens with one attached hydrogen (secondary N) is 5. The molecule has 4 aromatic carbocycles. The van der Waals surface area contributed by atoms with E-state index in [1.165, 1.54) is 34.8 Å². The Morgan fingerprint density at radius 2 is 1.12 bits per heavy atom. The highest BCUT2D eigenvalue weighted by atomic mass is 19.1. The van der Waals surface area contributed by atoms with Crippen LogP contribution in [0.3, 0.4) is 0 Å². The van der Waals surface area contributed by atoms with Crippen molar-refractivity contribution in [2.45, 2.75) is 224 Å². The number of aryl methyl sites for hydroxylation is 1. The minimum atomic E-state index is -0.998. The molecule has 1 heterocycles. The molecule has 1 saturated heterocycles. The number of benzene rings is 4. The van der Waals surface area contributed by atoms with Crippen LogP contribution in [-0.2, 0) is 50.1 Å². The molecular weight excluding hydrogens is 1180 g/mol. The van der Waals surface area contributed by atoms with Gasteiger partial charge in [0.05, 0.1) is 19.3 Å². The summed E-state index contributed by atoms with van der Waals surface area (Å²) in [5, 5.41) is 19.3. The van der Waals surface area contributed by atoms with Crippen LogP contribution in [0.2, 0.25) is 0 Å². The number of hydrogen-bond donors (Lipinski definition) is 5. The first-order valence-electron chi connectivity index (χ1n) is 34.3. The molecule has 19 nitrogen and oxygen atoms in total. The van der Waals surface area contributed by atoms with Crippen molar-refractivity contribution in [1.29, 1.82) is 0 Å². The Bertz CT molecular complexity index is 3130. The number of rotatable bonds is 39. The average Bonchev–Trinajstić information content (AvgIpc) is 0.941. The molecule has 0 aromatic heterocycles. The molecular formula is C73H101FN10O9. The van der Waals surface area contributed by atoms with Crippen LogP contribution < -0.4 is 26.6 Å². The van der Waals surface area contributed by atoms with E-state index in [2.05, 4.69) is 80.8 Å². The van der Waals surface area contributed by atoms with Gasteiger partial charge >= 0.3 is 6.09 Å². The van der Waals surface area contributed by atoms with Crippen LogP contribution in [0.1, 0.15) is 234 Å². The lowest BCUT2D eigenvalue weighted by molar-refractivity contribution is -0.143. The van der Waals surface area contributed by atoms with Gasteiger partial charge in [-0.05, 0) is 159 Å². The Hall–Kier alpha value is -7.83. The van der Waals surface area contributed by atoms with Crippen molar-refractivity contribution in [2.24, 2.45) is 5.11 Å². The van der Waals surface area contributed by atoms with Crippen LogP contribution in [-0.4, -0.2) is 115 Å². The molecule has 5 N–H and O–H groups in total. The summed E-state index contributed by atoms with van der Waals surface area (Å²) >= 11 is 0. The third kappa shape index (κ3) is 21.6. The number of alkyl carbamates (subject to hydrolysis) is 1. The van der Waals surface area contributed by atoms with Gasteiger partial charge in [0.15, 0.2) is 0 Å². The summed E-state index contributed by atoms with van der Waals surface area (Å²) in [4.78, 5) is 101. The van der Waals surface area contributed by atoms with Crippen molar-refractivity contribution in [3.63, 3.8) is 0 Å². The van der Waals surface area contributed by atoms with Gasteiger partial charge in [0.1, 0.15) is 17.5 Å². The number of ether oxygens (including phenoxy) is 2. The Morgan fingerprint density at radius 3 is 1.61 bits per heavy atom. The molecule has 504 valence electrons. The van der Waals surface area contributed by atoms with Crippen molar-refractivity contribution in [1.82, 2.24) is 20.4 Å². The molecule has 0 saturated carbocycles. The van der Waals surface area contributed by atoms with E-state index in [1.807, 2.05) is 45.0 Å². The number of carbonyl (C=O) groups excluding carboxylic acids is 7. The summed E-state index contributed by atoms with van der Waals surface area (Å²) in [6.45, 7) is 11.1. The smallest absolute Gasteiger partial charge is 0.407 e. The SMILES string of the molecule is CCCCCCCCC(=O)Nc1ccc2c(c1)C1(CCC(=O)NCCOCCN(C)C(=O)[C@@H]3C[C@H](N=[N+]=[N-])CN3C(=O)CCc3ccc(F)cc3)c3cc(NC(=O)CCCCCCCC)ccc3C2c2ccc(NC(=O)CCCCCCCNC(=O)OC(C)(C)C)cc21. The zero-order valence-electron chi connectivity index (χ0n) is 55.9. The van der Waals surface area contributed by atoms with Gasteiger partial charge in [-0.15, -0.1) is 0 Å². The molecule has 0 spiro atoms. The molecule has 0 radical (unpaired) electrons. The number of amides is 7. The molecule has 2 atom stereocenters. The number of hydrogen-bond acceptors (Lipinski definition) is 10. The van der Waals surface area contributed by atoms with Gasteiger partial charge in [-0.25, -0.2) is 9.18 Å². The van der Waals surface area contributed by atoms with Gasteiger partial charge in [-0.2, -0.15) is 0 Å². The van der Waals surface area contributed by atoms with Gasteiger partial charge in [0, 0.05) is 98.6 Å². The summed E-state index contributed by atoms with van der Waals surface area (Å²) in [7, 11) is 1.63. The second-order valence-electron chi connectivity index (χ2n) is 26.4. The van der Waals surface area contributed by atoms with Crippen LogP contribution in [0.15, 0.2) is 84.0 Å². The van der Waals surface area contributed by atoms with E-state index < -0.39 is 29.2 Å². The maximum Gasteiger partial charge on any atom is 0.407 e. The van der Waals surface area contributed by atoms with Crippen LogP contribution >= 0.6 is 0 Å². The number of likely N-dealkylation sites (tertiary alicyclic amines) is 1. The molecule has 8 rings (SSSR count). The quantitative estimate of drug-likeness (QED) is 0.0123. The van der Waals surface area contributed by atoms with Crippen LogP contribution in [0.25, 0.3) is 10.4 Å². The average molecular weight is 1280 g/mol. The monoisotopic (exact) mass is 1280 g/mol. The molecule has 4 aliphatic rings. The van der Waals surface area contributed by atoms with Crippen molar-refractivity contribution in [3.05, 3.63) is 134 Å². The molecule has 2 bridgehead atoms. The van der Waals surface area contributed by atoms with E-state index in [0.717, 1.165) is 129 Å². The number of likely N-dealkylation sites (N-methyl/N-ethyl adjacent to an activating group) is 1. The number of carbonyl (C=O) groups is 7. The molecule has 1 aliphatic heterocycles. The van der Waals surface area contributed by atoms with Crippen LogP contribution in [0.5, 0.6) is 0 Å². The summed E-state index contributed by atoms with van der Waals surface area (Å²) in [6, 6.07) is 22.8. The largest absolute Gasteiger partial charge is 0.444 e. The predicted molar refractivity (Wildman–Crippen MR) is 362 cm³/mol. The standard InChI is InChI=1S/C73H101FN10O9/c1-7-9-11-13-16-20-24-65(86)78-53-32-35-57-60(46-53)73(40-39-64(85)76-42-44-92-45-43-83(6)70(90)63-49-56(81-82-75)50-84(63)68(89)38-29-51-27-30-52(74)31-28-51)61-47-54(79-66(87)25-21-17-14-12-10-8-2)33-36-58(61)69(57)59-37-34-55(48-62(59)73)80-67(88)26-22-18-15-19-23-41-77-71(91)93-72(3,4)5/h27-28,30-37,46-48,56,63,69H,7-26,29,38-45,49-50H2,1-6H3,(H,76,85)(H,77,91)(H,78,86)(H,79,87)(H,80,88)/t56-,63-,69?,73?/m0/s1. The Labute approximate surface area is 549 Å². The topological polar surface area (TPSA) is 253 Å². The molecule has 20 heteroatoms. The molecule has 1 fully saturated rings. The van der Waals surface area contributed by atoms with Crippen LogP contribution in [0, 0.1) is 5.82 Å². The second-order valence-corrected chi connectivity index (χ2v) is 26.4. The normalized spacial score (nSPS) is 16.7. The fraction of sp³-hybridized carbons (Fsp3) is 0.575. The zero-order chi connectivity index (χ0) is 66.8. The fourth-order valence-corrected chi connectivity index (χ4v) is 13.2. The fourth-order valence-electron chi connectivity index (χ4n) is 13.2. The summed E-state index contributed by atoms with van der Waals surface area (Å²) in [6.07, 6.45) is 18.4. The van der Waals surface area contributed by atoms with Crippen molar-refractivity contribution in [2.75, 3.05) is 62.4 Å².